The predicted molar refractivity (Wildman–Crippen MR) is 109 cm³/mol. The molecular weight excluding hydrogens is 362 g/mol. The highest BCUT2D eigenvalue weighted by molar-refractivity contribution is 6.30. The molecule has 0 fully saturated rings. The summed E-state index contributed by atoms with van der Waals surface area (Å²) in [7, 11) is 0. The molecular formula is C22H18ClNO3. The first-order valence-electron chi connectivity index (χ1n) is 8.78. The minimum atomic E-state index is -0.616. The first kappa shape index (κ1) is 17.4. The van der Waals surface area contributed by atoms with Crippen LogP contribution in [-0.2, 0) is 4.79 Å². The molecule has 0 aliphatic rings. The van der Waals surface area contributed by atoms with Crippen LogP contribution < -0.4 is 10.1 Å². The summed E-state index contributed by atoms with van der Waals surface area (Å²) in [5.74, 6) is 0.352. The average molecular weight is 380 g/mol. The highest BCUT2D eigenvalue weighted by Gasteiger charge is 2.19. The third-order valence-electron chi connectivity index (χ3n) is 4.38. The van der Waals surface area contributed by atoms with Gasteiger partial charge in [0, 0.05) is 27.5 Å². The Morgan fingerprint density at radius 3 is 2.67 bits per heavy atom. The van der Waals surface area contributed by atoms with Crippen molar-refractivity contribution in [3.8, 4) is 5.75 Å². The second-order valence-electron chi connectivity index (χ2n) is 6.27. The lowest BCUT2D eigenvalue weighted by molar-refractivity contribution is -0.122. The molecule has 4 aromatic rings. The number of benzene rings is 3. The maximum absolute atomic E-state index is 12.6. The van der Waals surface area contributed by atoms with E-state index in [4.69, 9.17) is 20.8 Å². The molecule has 0 aliphatic heterocycles. The number of halogens is 1. The Bertz CT molecular complexity index is 1120. The van der Waals surface area contributed by atoms with Crippen LogP contribution in [0.15, 0.2) is 71.1 Å². The van der Waals surface area contributed by atoms with E-state index in [2.05, 4.69) is 5.32 Å². The summed E-state index contributed by atoms with van der Waals surface area (Å²) in [4.78, 5) is 12.6. The molecule has 1 N–H and O–H groups in total. The van der Waals surface area contributed by atoms with Crippen molar-refractivity contribution in [2.45, 2.75) is 19.4 Å². The van der Waals surface area contributed by atoms with Crippen LogP contribution in [-0.4, -0.2) is 12.0 Å². The fourth-order valence-electron chi connectivity index (χ4n) is 3.05. The largest absolute Gasteiger partial charge is 0.481 e. The van der Waals surface area contributed by atoms with Crippen LogP contribution >= 0.6 is 11.6 Å². The van der Waals surface area contributed by atoms with Crippen LogP contribution in [0.5, 0.6) is 5.75 Å². The van der Waals surface area contributed by atoms with Gasteiger partial charge in [-0.15, -0.1) is 0 Å². The number of hydrogen-bond donors (Lipinski definition) is 1. The van der Waals surface area contributed by atoms with Gasteiger partial charge >= 0.3 is 0 Å². The van der Waals surface area contributed by atoms with Crippen molar-refractivity contribution in [1.82, 2.24) is 0 Å². The number of hydrogen-bond acceptors (Lipinski definition) is 3. The lowest BCUT2D eigenvalue weighted by Crippen LogP contribution is -2.32. The van der Waals surface area contributed by atoms with Gasteiger partial charge in [0.15, 0.2) is 6.10 Å². The zero-order chi connectivity index (χ0) is 18.8. The van der Waals surface area contributed by atoms with Crippen LogP contribution in [0.2, 0.25) is 5.02 Å². The molecule has 3 aromatic carbocycles. The monoisotopic (exact) mass is 379 g/mol. The van der Waals surface area contributed by atoms with Crippen molar-refractivity contribution in [3.63, 3.8) is 0 Å². The van der Waals surface area contributed by atoms with E-state index in [9.17, 15) is 4.79 Å². The van der Waals surface area contributed by atoms with E-state index in [1.165, 1.54) is 0 Å². The first-order chi connectivity index (χ1) is 13.1. The number of nitrogens with one attached hydrogen (secondary N) is 1. The van der Waals surface area contributed by atoms with E-state index in [0.29, 0.717) is 22.9 Å². The molecule has 27 heavy (non-hydrogen) atoms. The number of carbonyl (C=O) groups is 1. The molecule has 0 spiro atoms. The number of fused-ring (bicyclic) bond motifs is 3. The number of rotatable bonds is 5. The standard InChI is InChI=1S/C22H18ClNO3/c1-2-19(26-16-7-5-6-14(23)12-16)22(25)24-15-10-11-18-17-8-3-4-9-20(17)27-21(18)13-15/h3-13,19H,2H2,1H3,(H,24,25)/t19-/m0/s1. The van der Waals surface area contributed by atoms with E-state index < -0.39 is 6.10 Å². The Morgan fingerprint density at radius 2 is 1.85 bits per heavy atom. The molecule has 5 heteroatoms. The van der Waals surface area contributed by atoms with E-state index >= 15 is 0 Å². The second kappa shape index (κ2) is 7.33. The van der Waals surface area contributed by atoms with Crippen molar-refractivity contribution >= 4 is 45.1 Å². The summed E-state index contributed by atoms with van der Waals surface area (Å²) in [6, 6.07) is 20.5. The zero-order valence-corrected chi connectivity index (χ0v) is 15.5. The van der Waals surface area contributed by atoms with Gasteiger partial charge in [-0.2, -0.15) is 0 Å². The third-order valence-corrected chi connectivity index (χ3v) is 4.62. The fourth-order valence-corrected chi connectivity index (χ4v) is 3.23. The molecule has 0 radical (unpaired) electrons. The Kier molecular flexibility index (Phi) is 4.73. The minimum absolute atomic E-state index is 0.215. The van der Waals surface area contributed by atoms with Gasteiger partial charge in [-0.05, 0) is 42.8 Å². The Morgan fingerprint density at radius 1 is 1.04 bits per heavy atom. The molecule has 1 heterocycles. The van der Waals surface area contributed by atoms with Crippen molar-refractivity contribution in [1.29, 1.82) is 0 Å². The highest BCUT2D eigenvalue weighted by Crippen LogP contribution is 2.30. The van der Waals surface area contributed by atoms with E-state index in [1.54, 1.807) is 24.3 Å². The van der Waals surface area contributed by atoms with Gasteiger partial charge in [-0.1, -0.05) is 42.8 Å². The molecule has 0 bridgehead atoms. The summed E-state index contributed by atoms with van der Waals surface area (Å²) < 4.78 is 11.7. The van der Waals surface area contributed by atoms with E-state index in [-0.39, 0.29) is 5.91 Å². The SMILES string of the molecule is CC[C@H](Oc1cccc(Cl)c1)C(=O)Nc1ccc2c(c1)oc1ccccc12. The number of furan rings is 1. The summed E-state index contributed by atoms with van der Waals surface area (Å²) in [6.07, 6.45) is -0.0829. The predicted octanol–water partition coefficient (Wildman–Crippen LogP) is 6.04. The number of carbonyl (C=O) groups excluding carboxylic acids is 1. The molecule has 4 rings (SSSR count). The minimum Gasteiger partial charge on any atom is -0.481 e. The molecule has 0 saturated carbocycles. The molecule has 1 amide bonds. The molecule has 0 unspecified atom stereocenters. The summed E-state index contributed by atoms with van der Waals surface area (Å²) in [5.41, 5.74) is 2.23. The van der Waals surface area contributed by atoms with Crippen LogP contribution in [0.25, 0.3) is 21.9 Å². The molecule has 1 atom stereocenters. The maximum atomic E-state index is 12.6. The lowest BCUT2D eigenvalue weighted by atomic mass is 10.1. The maximum Gasteiger partial charge on any atom is 0.265 e. The number of para-hydroxylation sites is 1. The van der Waals surface area contributed by atoms with Crippen molar-refractivity contribution in [2.24, 2.45) is 0 Å². The zero-order valence-electron chi connectivity index (χ0n) is 14.7. The van der Waals surface area contributed by atoms with E-state index in [1.807, 2.05) is 49.4 Å². The molecule has 0 saturated heterocycles. The summed E-state index contributed by atoms with van der Waals surface area (Å²) >= 11 is 5.98. The van der Waals surface area contributed by atoms with Crippen molar-refractivity contribution in [2.75, 3.05) is 5.32 Å². The van der Waals surface area contributed by atoms with Gasteiger partial charge in [0.25, 0.3) is 5.91 Å². The number of amides is 1. The van der Waals surface area contributed by atoms with Gasteiger partial charge in [-0.3, -0.25) is 4.79 Å². The van der Waals surface area contributed by atoms with Gasteiger partial charge in [0.1, 0.15) is 16.9 Å². The van der Waals surface area contributed by atoms with Crippen LogP contribution in [0.3, 0.4) is 0 Å². The van der Waals surface area contributed by atoms with Crippen molar-refractivity contribution in [3.05, 3.63) is 71.8 Å². The van der Waals surface area contributed by atoms with Gasteiger partial charge in [-0.25, -0.2) is 0 Å². The molecule has 136 valence electrons. The summed E-state index contributed by atoms with van der Waals surface area (Å²) in [5, 5.41) is 5.55. The van der Waals surface area contributed by atoms with E-state index in [0.717, 1.165) is 21.9 Å². The number of anilines is 1. The van der Waals surface area contributed by atoms with Gasteiger partial charge < -0.3 is 14.5 Å². The topological polar surface area (TPSA) is 51.5 Å². The molecule has 4 nitrogen and oxygen atoms in total. The molecule has 0 aliphatic carbocycles. The smallest absolute Gasteiger partial charge is 0.265 e. The Hall–Kier alpha value is -2.98. The highest BCUT2D eigenvalue weighted by atomic mass is 35.5. The third kappa shape index (κ3) is 3.62. The van der Waals surface area contributed by atoms with Crippen LogP contribution in [0.4, 0.5) is 5.69 Å². The van der Waals surface area contributed by atoms with Gasteiger partial charge in [0.2, 0.25) is 0 Å². The van der Waals surface area contributed by atoms with Gasteiger partial charge in [0.05, 0.1) is 0 Å². The van der Waals surface area contributed by atoms with Crippen LogP contribution in [0.1, 0.15) is 13.3 Å². The summed E-state index contributed by atoms with van der Waals surface area (Å²) in [6.45, 7) is 1.90. The molecule has 1 aromatic heterocycles. The quantitative estimate of drug-likeness (QED) is 0.460. The second-order valence-corrected chi connectivity index (χ2v) is 6.71. The fraction of sp³-hybridized carbons (Fsp3) is 0.136. The number of ether oxygens (including phenoxy) is 1. The normalized spacial score (nSPS) is 12.2. The van der Waals surface area contributed by atoms with Crippen molar-refractivity contribution < 1.29 is 13.9 Å². The average Bonchev–Trinajstić information content (AvgIpc) is 3.03. The van der Waals surface area contributed by atoms with Crippen LogP contribution in [0, 0.1) is 0 Å². The Labute approximate surface area is 161 Å². The first-order valence-corrected chi connectivity index (χ1v) is 9.16. The Balaban J connectivity index is 1.54. The lowest BCUT2D eigenvalue weighted by Gasteiger charge is -2.17.